The molecule has 4 aromatic rings. The van der Waals surface area contributed by atoms with Crippen LogP contribution in [0.15, 0.2) is 94.2 Å². The summed E-state index contributed by atoms with van der Waals surface area (Å²) in [5, 5.41) is 7.50. The fourth-order valence-electron chi connectivity index (χ4n) is 2.88. The van der Waals surface area contributed by atoms with E-state index < -0.39 is 0 Å². The van der Waals surface area contributed by atoms with Gasteiger partial charge in [0.05, 0.1) is 23.9 Å². The van der Waals surface area contributed by atoms with Crippen LogP contribution in [-0.4, -0.2) is 11.8 Å². The molecule has 6 nitrogen and oxygen atoms in total. The molecule has 0 aliphatic carbocycles. The molecule has 0 unspecified atom stereocenters. The van der Waals surface area contributed by atoms with E-state index in [9.17, 15) is 9.59 Å². The van der Waals surface area contributed by atoms with Gasteiger partial charge in [-0.25, -0.2) is 0 Å². The monoisotopic (exact) mass is 398 g/mol. The summed E-state index contributed by atoms with van der Waals surface area (Å²) in [5.41, 5.74) is 0.977. The van der Waals surface area contributed by atoms with Gasteiger partial charge >= 0.3 is 0 Å². The van der Waals surface area contributed by atoms with Gasteiger partial charge < -0.3 is 19.5 Å². The lowest BCUT2D eigenvalue weighted by Gasteiger charge is -2.12. The van der Waals surface area contributed by atoms with E-state index in [0.717, 1.165) is 10.8 Å². The van der Waals surface area contributed by atoms with Crippen molar-refractivity contribution in [1.29, 1.82) is 0 Å². The number of fused-ring (bicyclic) bond motifs is 1. The Morgan fingerprint density at radius 2 is 1.13 bits per heavy atom. The lowest BCUT2D eigenvalue weighted by atomic mass is 10.1. The lowest BCUT2D eigenvalue weighted by Crippen LogP contribution is -2.13. The second-order valence-electron chi connectivity index (χ2n) is 6.42. The van der Waals surface area contributed by atoms with Crippen molar-refractivity contribution < 1.29 is 18.4 Å². The number of nitrogens with one attached hydrogen (secondary N) is 2. The average molecular weight is 398 g/mol. The van der Waals surface area contributed by atoms with Gasteiger partial charge in [0.2, 0.25) is 11.8 Å². The van der Waals surface area contributed by atoms with E-state index >= 15 is 0 Å². The van der Waals surface area contributed by atoms with E-state index in [4.69, 9.17) is 8.83 Å². The molecule has 2 N–H and O–H groups in total. The summed E-state index contributed by atoms with van der Waals surface area (Å²) in [4.78, 5) is 24.8. The maximum absolute atomic E-state index is 12.4. The molecule has 0 saturated heterocycles. The minimum absolute atomic E-state index is 0.344. The summed E-state index contributed by atoms with van der Waals surface area (Å²) in [6.07, 6.45) is 8.95. The second-order valence-corrected chi connectivity index (χ2v) is 6.42. The fourth-order valence-corrected chi connectivity index (χ4v) is 2.88. The highest BCUT2D eigenvalue weighted by molar-refractivity contribution is 6.10. The summed E-state index contributed by atoms with van der Waals surface area (Å²) >= 11 is 0. The maximum atomic E-state index is 12.4. The number of hydrogen-bond donors (Lipinski definition) is 2. The topological polar surface area (TPSA) is 84.5 Å². The number of hydrogen-bond acceptors (Lipinski definition) is 4. The third kappa shape index (κ3) is 4.74. The Morgan fingerprint density at radius 3 is 1.53 bits per heavy atom. The second kappa shape index (κ2) is 8.79. The number of amides is 2. The zero-order valence-electron chi connectivity index (χ0n) is 15.9. The Morgan fingerprint density at radius 1 is 0.667 bits per heavy atom. The summed E-state index contributed by atoms with van der Waals surface area (Å²) in [6, 6.07) is 18.3. The first kappa shape index (κ1) is 19.0. The van der Waals surface area contributed by atoms with Gasteiger partial charge in [0, 0.05) is 12.2 Å². The van der Waals surface area contributed by atoms with Crippen molar-refractivity contribution in [2.45, 2.75) is 0 Å². The van der Waals surface area contributed by atoms with Gasteiger partial charge in [-0.3, -0.25) is 9.59 Å². The standard InChI is InChI=1S/C24H18N2O4/c27-23(11-9-19-7-3-13-29-19)25-21-15-17-5-1-2-6-18(17)16-22(21)26-24(28)12-10-20-8-4-14-30-20/h1-16H,(H,25,27)(H,26,28)/b11-9+,12-10+. The predicted molar refractivity (Wildman–Crippen MR) is 117 cm³/mol. The molecule has 2 aromatic heterocycles. The van der Waals surface area contributed by atoms with Crippen LogP contribution in [-0.2, 0) is 9.59 Å². The molecule has 0 bridgehead atoms. The Balaban J connectivity index is 1.57. The van der Waals surface area contributed by atoms with Gasteiger partial charge in [0.25, 0.3) is 0 Å². The summed E-state index contributed by atoms with van der Waals surface area (Å²) in [6.45, 7) is 0. The molecular formula is C24H18N2O4. The number of rotatable bonds is 6. The van der Waals surface area contributed by atoms with Crippen LogP contribution in [0.25, 0.3) is 22.9 Å². The van der Waals surface area contributed by atoms with Crippen molar-refractivity contribution in [1.82, 2.24) is 0 Å². The van der Waals surface area contributed by atoms with E-state index in [1.54, 1.807) is 36.4 Å². The van der Waals surface area contributed by atoms with Crippen molar-refractivity contribution in [2.75, 3.05) is 10.6 Å². The van der Waals surface area contributed by atoms with E-state index in [-0.39, 0.29) is 11.8 Å². The molecule has 6 heteroatoms. The molecule has 0 aliphatic rings. The molecule has 2 heterocycles. The van der Waals surface area contributed by atoms with Crippen molar-refractivity contribution >= 4 is 46.1 Å². The average Bonchev–Trinajstić information content (AvgIpc) is 3.45. The van der Waals surface area contributed by atoms with Gasteiger partial charge in [-0.15, -0.1) is 0 Å². The molecule has 0 atom stereocenters. The zero-order valence-corrected chi connectivity index (χ0v) is 15.9. The first-order chi connectivity index (χ1) is 14.7. The minimum Gasteiger partial charge on any atom is -0.465 e. The molecule has 2 aromatic carbocycles. The zero-order chi connectivity index (χ0) is 20.8. The third-order valence-corrected chi connectivity index (χ3v) is 4.29. The van der Waals surface area contributed by atoms with Crippen LogP contribution in [0, 0.1) is 0 Å². The first-order valence-corrected chi connectivity index (χ1v) is 9.25. The SMILES string of the molecule is O=C(/C=C/c1ccco1)Nc1cc2ccccc2cc1NC(=O)/C=C/c1ccco1. The smallest absolute Gasteiger partial charge is 0.248 e. The number of carbonyl (C=O) groups excluding carboxylic acids is 2. The molecule has 0 radical (unpaired) electrons. The van der Waals surface area contributed by atoms with E-state index in [1.165, 1.54) is 24.7 Å². The van der Waals surface area contributed by atoms with Crippen LogP contribution in [0.1, 0.15) is 11.5 Å². The molecule has 4 rings (SSSR count). The molecule has 2 amide bonds. The van der Waals surface area contributed by atoms with Gasteiger partial charge in [-0.2, -0.15) is 0 Å². The number of benzene rings is 2. The highest BCUT2D eigenvalue weighted by Crippen LogP contribution is 2.29. The Labute approximate surface area is 172 Å². The number of anilines is 2. The first-order valence-electron chi connectivity index (χ1n) is 9.25. The van der Waals surface area contributed by atoms with Crippen molar-refractivity contribution in [3.63, 3.8) is 0 Å². The maximum Gasteiger partial charge on any atom is 0.248 e. The summed E-state index contributed by atoms with van der Waals surface area (Å²) in [5.74, 6) is 0.451. The van der Waals surface area contributed by atoms with Gasteiger partial charge in [0.1, 0.15) is 11.5 Å². The Hall–Kier alpha value is -4.32. The third-order valence-electron chi connectivity index (χ3n) is 4.29. The number of furan rings is 2. The van der Waals surface area contributed by atoms with E-state index in [2.05, 4.69) is 10.6 Å². The molecule has 0 spiro atoms. The quantitative estimate of drug-likeness (QED) is 0.430. The van der Waals surface area contributed by atoms with Gasteiger partial charge in [-0.1, -0.05) is 24.3 Å². The highest BCUT2D eigenvalue weighted by Gasteiger charge is 2.10. The molecule has 30 heavy (non-hydrogen) atoms. The molecular weight excluding hydrogens is 380 g/mol. The predicted octanol–water partition coefficient (Wildman–Crippen LogP) is 5.33. The Bertz CT molecular complexity index is 1120. The van der Waals surface area contributed by atoms with Crippen molar-refractivity contribution in [2.24, 2.45) is 0 Å². The van der Waals surface area contributed by atoms with Crippen LogP contribution in [0.2, 0.25) is 0 Å². The molecule has 0 aliphatic heterocycles. The molecule has 0 fully saturated rings. The van der Waals surface area contributed by atoms with Crippen LogP contribution in [0.5, 0.6) is 0 Å². The summed E-state index contributed by atoms with van der Waals surface area (Å²) < 4.78 is 10.4. The van der Waals surface area contributed by atoms with Gasteiger partial charge in [0.15, 0.2) is 0 Å². The van der Waals surface area contributed by atoms with Crippen molar-refractivity contribution in [3.05, 3.63) is 96.9 Å². The van der Waals surface area contributed by atoms with Crippen molar-refractivity contribution in [3.8, 4) is 0 Å². The fraction of sp³-hybridized carbons (Fsp3) is 0. The minimum atomic E-state index is -0.344. The van der Waals surface area contributed by atoms with Crippen LogP contribution >= 0.6 is 0 Å². The normalized spacial score (nSPS) is 11.3. The van der Waals surface area contributed by atoms with Crippen LogP contribution in [0.3, 0.4) is 0 Å². The molecule has 0 saturated carbocycles. The summed E-state index contributed by atoms with van der Waals surface area (Å²) in [7, 11) is 0. The van der Waals surface area contributed by atoms with E-state index in [0.29, 0.717) is 22.9 Å². The Kier molecular flexibility index (Phi) is 5.57. The molecule has 148 valence electrons. The lowest BCUT2D eigenvalue weighted by molar-refractivity contribution is -0.112. The highest BCUT2D eigenvalue weighted by atomic mass is 16.3. The van der Waals surface area contributed by atoms with Crippen LogP contribution < -0.4 is 10.6 Å². The van der Waals surface area contributed by atoms with Crippen LogP contribution in [0.4, 0.5) is 11.4 Å². The van der Waals surface area contributed by atoms with Gasteiger partial charge in [-0.05, 0) is 59.3 Å². The largest absolute Gasteiger partial charge is 0.465 e. The number of carbonyl (C=O) groups is 2. The van der Waals surface area contributed by atoms with E-state index in [1.807, 2.05) is 36.4 Å².